The SMILES string of the molecule is [2H]Cn1cc(C(=O)Nc2ccccc2Oc2ccc(C(F)(F)F)cc2Cl)c(C(F)F)n1. The summed E-state index contributed by atoms with van der Waals surface area (Å²) in [6, 6.07) is 8.38. The molecule has 0 unspecified atom stereocenters. The minimum Gasteiger partial charge on any atom is -0.454 e. The van der Waals surface area contributed by atoms with Gasteiger partial charge in [0.25, 0.3) is 12.3 Å². The minimum absolute atomic E-state index is 0.0176. The van der Waals surface area contributed by atoms with E-state index in [0.717, 1.165) is 23.0 Å². The molecule has 1 N–H and O–H groups in total. The van der Waals surface area contributed by atoms with E-state index in [1.807, 2.05) is 0 Å². The number of nitrogens with one attached hydrogen (secondary N) is 1. The van der Waals surface area contributed by atoms with Gasteiger partial charge in [0.05, 0.1) is 21.8 Å². The molecule has 0 aliphatic heterocycles. The lowest BCUT2D eigenvalue weighted by Gasteiger charge is -2.14. The van der Waals surface area contributed by atoms with Gasteiger partial charge in [-0.2, -0.15) is 18.3 Å². The average molecular weight is 447 g/mol. The van der Waals surface area contributed by atoms with E-state index in [1.54, 1.807) is 0 Å². The van der Waals surface area contributed by atoms with Crippen molar-refractivity contribution in [3.63, 3.8) is 0 Å². The van der Waals surface area contributed by atoms with Crippen molar-refractivity contribution in [3.8, 4) is 11.5 Å². The molecule has 0 bridgehead atoms. The lowest BCUT2D eigenvalue weighted by Crippen LogP contribution is -2.14. The number of benzene rings is 2. The fourth-order valence-corrected chi connectivity index (χ4v) is 2.72. The zero-order valence-electron chi connectivity index (χ0n) is 15.9. The van der Waals surface area contributed by atoms with Crippen LogP contribution >= 0.6 is 11.6 Å². The van der Waals surface area contributed by atoms with Crippen LogP contribution in [0.4, 0.5) is 27.6 Å². The Morgan fingerprint density at radius 2 is 1.97 bits per heavy atom. The molecule has 0 spiro atoms. The van der Waals surface area contributed by atoms with Crippen molar-refractivity contribution in [3.05, 3.63) is 70.5 Å². The van der Waals surface area contributed by atoms with Crippen LogP contribution in [0.25, 0.3) is 0 Å². The van der Waals surface area contributed by atoms with Crippen molar-refractivity contribution in [1.82, 2.24) is 9.78 Å². The number of hydrogen-bond acceptors (Lipinski definition) is 3. The highest BCUT2D eigenvalue weighted by atomic mass is 35.5. The predicted molar refractivity (Wildman–Crippen MR) is 99.1 cm³/mol. The number of hydrogen-bond donors (Lipinski definition) is 1. The molecule has 0 radical (unpaired) electrons. The third kappa shape index (κ3) is 4.70. The van der Waals surface area contributed by atoms with E-state index >= 15 is 0 Å². The molecule has 3 rings (SSSR count). The number of carbonyl (C=O) groups is 1. The fraction of sp³-hybridized carbons (Fsp3) is 0.158. The summed E-state index contributed by atoms with van der Waals surface area (Å²) in [5, 5.41) is 5.59. The first kappa shape index (κ1) is 20.1. The molecule has 0 saturated heterocycles. The molecule has 0 saturated carbocycles. The van der Waals surface area contributed by atoms with Crippen LogP contribution in [-0.4, -0.2) is 15.7 Å². The Kier molecular flexibility index (Phi) is 5.58. The van der Waals surface area contributed by atoms with E-state index in [2.05, 4.69) is 10.4 Å². The van der Waals surface area contributed by atoms with Crippen molar-refractivity contribution in [2.45, 2.75) is 12.6 Å². The molecule has 3 aromatic rings. The van der Waals surface area contributed by atoms with E-state index in [-0.39, 0.29) is 22.2 Å². The van der Waals surface area contributed by atoms with Gasteiger partial charge in [0.1, 0.15) is 11.4 Å². The Labute approximate surface area is 173 Å². The first-order valence-corrected chi connectivity index (χ1v) is 8.57. The fourth-order valence-electron chi connectivity index (χ4n) is 2.50. The maximum Gasteiger partial charge on any atom is 0.416 e. The normalized spacial score (nSPS) is 12.0. The van der Waals surface area contributed by atoms with Gasteiger partial charge in [0.15, 0.2) is 5.75 Å². The summed E-state index contributed by atoms with van der Waals surface area (Å²) >= 11 is 5.89. The lowest BCUT2D eigenvalue weighted by atomic mass is 10.2. The van der Waals surface area contributed by atoms with Crippen LogP contribution in [0.5, 0.6) is 11.5 Å². The molecule has 158 valence electrons. The topological polar surface area (TPSA) is 56.2 Å². The second-order valence-corrected chi connectivity index (χ2v) is 6.37. The first-order valence-electron chi connectivity index (χ1n) is 8.90. The molecule has 5 nitrogen and oxygen atoms in total. The molecule has 0 atom stereocenters. The van der Waals surface area contributed by atoms with E-state index in [1.165, 1.54) is 24.3 Å². The Morgan fingerprint density at radius 1 is 1.23 bits per heavy atom. The van der Waals surface area contributed by atoms with Crippen LogP contribution in [0.2, 0.25) is 5.02 Å². The Morgan fingerprint density at radius 3 is 2.60 bits per heavy atom. The van der Waals surface area contributed by atoms with Gasteiger partial charge in [-0.3, -0.25) is 9.48 Å². The van der Waals surface area contributed by atoms with Gasteiger partial charge in [-0.15, -0.1) is 0 Å². The Hall–Kier alpha value is -3.14. The summed E-state index contributed by atoms with van der Waals surface area (Å²) in [6.45, 7) is 0. The van der Waals surface area contributed by atoms with Gasteiger partial charge >= 0.3 is 6.18 Å². The van der Waals surface area contributed by atoms with Gasteiger partial charge in [-0.05, 0) is 30.3 Å². The van der Waals surface area contributed by atoms with Crippen molar-refractivity contribution < 1.29 is 32.9 Å². The number of nitrogens with zero attached hydrogens (tertiary/aromatic N) is 2. The van der Waals surface area contributed by atoms with Crippen molar-refractivity contribution in [2.75, 3.05) is 5.32 Å². The van der Waals surface area contributed by atoms with E-state index in [0.29, 0.717) is 6.07 Å². The Balaban J connectivity index is 1.87. The maximum atomic E-state index is 13.2. The summed E-state index contributed by atoms with van der Waals surface area (Å²) in [6.07, 6.45) is -6.61. The number of ether oxygens (including phenoxy) is 1. The van der Waals surface area contributed by atoms with Crippen molar-refractivity contribution in [1.29, 1.82) is 0 Å². The molecular formula is C19H13ClF5N3O2. The largest absolute Gasteiger partial charge is 0.454 e. The van der Waals surface area contributed by atoms with Crippen LogP contribution in [0, 0.1) is 0 Å². The standard InChI is InChI=1S/C19H13ClF5N3O2/c1-28-9-11(16(27-28)17(21)22)18(29)26-13-4-2-3-5-15(13)30-14-7-6-10(8-12(14)20)19(23,24)25/h2-9,17H,1H3,(H,26,29)/i1D. The molecule has 0 aliphatic rings. The van der Waals surface area contributed by atoms with Crippen LogP contribution < -0.4 is 10.1 Å². The van der Waals surface area contributed by atoms with Crippen molar-refractivity contribution >= 4 is 23.2 Å². The number of para-hydroxylation sites is 2. The molecule has 1 amide bonds. The molecule has 2 aromatic carbocycles. The number of halogens is 6. The Bertz CT molecular complexity index is 1100. The summed E-state index contributed by atoms with van der Waals surface area (Å²) in [5.41, 5.74) is -2.11. The second kappa shape index (κ2) is 8.31. The second-order valence-electron chi connectivity index (χ2n) is 5.96. The highest BCUT2D eigenvalue weighted by molar-refractivity contribution is 6.32. The third-order valence-corrected chi connectivity index (χ3v) is 4.15. The van der Waals surface area contributed by atoms with Gasteiger partial charge in [0.2, 0.25) is 0 Å². The number of amides is 1. The highest BCUT2D eigenvalue weighted by Crippen LogP contribution is 2.38. The first-order chi connectivity index (χ1) is 14.6. The third-order valence-electron chi connectivity index (χ3n) is 3.86. The quantitative estimate of drug-likeness (QED) is 0.484. The van der Waals surface area contributed by atoms with E-state index in [4.69, 9.17) is 17.7 Å². The lowest BCUT2D eigenvalue weighted by molar-refractivity contribution is -0.137. The predicted octanol–water partition coefficient (Wildman–Crippen LogP) is 6.07. The van der Waals surface area contributed by atoms with Crippen LogP contribution in [0.3, 0.4) is 0 Å². The molecule has 1 heterocycles. The summed E-state index contributed by atoms with van der Waals surface area (Å²) < 4.78 is 78.3. The summed E-state index contributed by atoms with van der Waals surface area (Å²) in [5.74, 6) is -1.01. The number of rotatable bonds is 5. The minimum atomic E-state index is -4.58. The smallest absolute Gasteiger partial charge is 0.416 e. The van der Waals surface area contributed by atoms with Crippen LogP contribution in [-0.2, 0) is 13.2 Å². The number of carbonyl (C=O) groups excluding carboxylic acids is 1. The molecule has 30 heavy (non-hydrogen) atoms. The monoisotopic (exact) mass is 446 g/mol. The molecule has 1 aromatic heterocycles. The highest BCUT2D eigenvalue weighted by Gasteiger charge is 2.31. The zero-order valence-corrected chi connectivity index (χ0v) is 15.6. The van der Waals surface area contributed by atoms with Crippen LogP contribution in [0.15, 0.2) is 48.7 Å². The molecule has 11 heteroatoms. The van der Waals surface area contributed by atoms with Gasteiger partial charge < -0.3 is 10.1 Å². The van der Waals surface area contributed by atoms with Gasteiger partial charge in [-0.25, -0.2) is 8.78 Å². The van der Waals surface area contributed by atoms with Gasteiger partial charge in [0, 0.05) is 14.6 Å². The zero-order chi connectivity index (χ0) is 22.8. The summed E-state index contributed by atoms with van der Waals surface area (Å²) in [7, 11) is -0.459. The number of aromatic nitrogens is 2. The molecule has 0 fully saturated rings. The number of anilines is 1. The van der Waals surface area contributed by atoms with Gasteiger partial charge in [-0.1, -0.05) is 23.7 Å². The number of alkyl halides is 5. The van der Waals surface area contributed by atoms with Crippen molar-refractivity contribution in [2.24, 2.45) is 7.02 Å². The molecule has 0 aliphatic carbocycles. The maximum absolute atomic E-state index is 13.2. The number of aryl methyl sites for hydroxylation is 1. The van der Waals surface area contributed by atoms with E-state index < -0.39 is 42.4 Å². The van der Waals surface area contributed by atoms with Crippen LogP contribution in [0.1, 0.15) is 29.4 Å². The van der Waals surface area contributed by atoms with E-state index in [9.17, 15) is 26.7 Å². The average Bonchev–Trinajstić information content (AvgIpc) is 3.15. The molecular weight excluding hydrogens is 433 g/mol. The summed E-state index contributed by atoms with van der Waals surface area (Å²) in [4.78, 5) is 12.5.